The third kappa shape index (κ3) is 5.64. The fourth-order valence-corrected chi connectivity index (χ4v) is 2.96. The van der Waals surface area contributed by atoms with Gasteiger partial charge < -0.3 is 27.0 Å². The maximum absolute atomic E-state index is 12.3. The van der Waals surface area contributed by atoms with Crippen LogP contribution in [0.5, 0.6) is 0 Å². The van der Waals surface area contributed by atoms with Gasteiger partial charge >= 0.3 is 11.9 Å². The first-order valence-electron chi connectivity index (χ1n) is 8.96. The molecule has 0 saturated carbocycles. The summed E-state index contributed by atoms with van der Waals surface area (Å²) in [7, 11) is 0. The molecule has 0 bridgehead atoms. The van der Waals surface area contributed by atoms with Crippen molar-refractivity contribution < 1.29 is 24.6 Å². The molecule has 0 fully saturated rings. The summed E-state index contributed by atoms with van der Waals surface area (Å²) < 4.78 is 0. The van der Waals surface area contributed by atoms with Crippen molar-refractivity contribution in [1.29, 1.82) is 0 Å². The smallest absolute Gasteiger partial charge is 0.326 e. The number of anilines is 2. The molecule has 0 spiro atoms. The number of aliphatic carboxylic acids is 2. The summed E-state index contributed by atoms with van der Waals surface area (Å²) in [5.41, 5.74) is 13.3. The number of carboxylic acid groups (broad SMARTS) is 2. The van der Waals surface area contributed by atoms with Crippen molar-refractivity contribution in [2.45, 2.75) is 38.1 Å². The highest BCUT2D eigenvalue weighted by Crippen LogP contribution is 2.30. The van der Waals surface area contributed by atoms with Gasteiger partial charge in [0.15, 0.2) is 0 Å². The van der Waals surface area contributed by atoms with Gasteiger partial charge in [-0.2, -0.15) is 4.98 Å². The van der Waals surface area contributed by atoms with Gasteiger partial charge in [-0.15, -0.1) is 0 Å². The van der Waals surface area contributed by atoms with E-state index in [0.29, 0.717) is 6.42 Å². The fraction of sp³-hybridized carbons (Fsp3) is 0.316. The predicted molar refractivity (Wildman–Crippen MR) is 105 cm³/mol. The Kier molecular flexibility index (Phi) is 7.07. The summed E-state index contributed by atoms with van der Waals surface area (Å²) in [6.07, 6.45) is 1.72. The molecule has 10 heteroatoms. The molecule has 2 rings (SSSR count). The van der Waals surface area contributed by atoms with E-state index in [4.69, 9.17) is 21.7 Å². The summed E-state index contributed by atoms with van der Waals surface area (Å²) in [4.78, 5) is 42.2. The molecule has 0 radical (unpaired) electrons. The Morgan fingerprint density at radius 3 is 2.31 bits per heavy atom. The lowest BCUT2D eigenvalue weighted by atomic mass is 9.89. The number of rotatable bonds is 9. The van der Waals surface area contributed by atoms with Crippen molar-refractivity contribution in [2.75, 3.05) is 11.5 Å². The van der Waals surface area contributed by atoms with E-state index in [-0.39, 0.29) is 36.1 Å². The van der Waals surface area contributed by atoms with Crippen molar-refractivity contribution >= 4 is 29.6 Å². The van der Waals surface area contributed by atoms with Crippen molar-refractivity contribution in [3.05, 3.63) is 47.2 Å². The van der Waals surface area contributed by atoms with Crippen LogP contribution in [0.4, 0.5) is 11.8 Å². The van der Waals surface area contributed by atoms with Crippen LogP contribution in [0.2, 0.25) is 0 Å². The monoisotopic (exact) mass is 401 g/mol. The third-order valence-electron chi connectivity index (χ3n) is 4.48. The molecule has 1 amide bonds. The normalized spacial score (nSPS) is 12.7. The Morgan fingerprint density at radius 2 is 1.79 bits per heavy atom. The Labute approximate surface area is 167 Å². The van der Waals surface area contributed by atoms with Crippen molar-refractivity contribution in [1.82, 2.24) is 15.3 Å². The molecule has 2 atom stereocenters. The zero-order valence-electron chi connectivity index (χ0n) is 15.8. The average Bonchev–Trinajstić information content (AvgIpc) is 2.67. The molecule has 1 aromatic carbocycles. The molecule has 0 aliphatic heterocycles. The molecule has 1 heterocycles. The van der Waals surface area contributed by atoms with Crippen LogP contribution in [-0.4, -0.2) is 44.1 Å². The highest BCUT2D eigenvalue weighted by Gasteiger charge is 2.22. The number of aromatic nitrogens is 2. The predicted octanol–water partition coefficient (Wildman–Crippen LogP) is 1.23. The number of carbonyl (C=O) groups excluding carboxylic acids is 1. The minimum Gasteiger partial charge on any atom is -0.481 e. The second-order valence-corrected chi connectivity index (χ2v) is 6.45. The van der Waals surface area contributed by atoms with Crippen molar-refractivity contribution in [3.8, 4) is 0 Å². The zero-order chi connectivity index (χ0) is 21.6. The second-order valence-electron chi connectivity index (χ2n) is 6.45. The number of hydrogen-bond acceptors (Lipinski definition) is 7. The minimum atomic E-state index is -1.29. The minimum absolute atomic E-state index is 0.0870. The number of nitrogens with zero attached hydrogens (tertiary/aromatic N) is 2. The fourth-order valence-electron chi connectivity index (χ4n) is 2.96. The van der Waals surface area contributed by atoms with Crippen LogP contribution in [0.15, 0.2) is 30.5 Å². The molecule has 1 unspecified atom stereocenters. The molecule has 7 N–H and O–H groups in total. The number of nitrogens with one attached hydrogen (secondary N) is 1. The lowest BCUT2D eigenvalue weighted by Crippen LogP contribution is -2.41. The largest absolute Gasteiger partial charge is 0.481 e. The first kappa shape index (κ1) is 21.6. The first-order valence-corrected chi connectivity index (χ1v) is 8.96. The van der Waals surface area contributed by atoms with E-state index in [2.05, 4.69) is 15.3 Å². The molecular formula is C19H23N5O5. The number of nitrogen functional groups attached to an aromatic ring is 2. The Bertz CT molecular complexity index is 900. The zero-order valence-corrected chi connectivity index (χ0v) is 15.8. The number of amides is 1. The van der Waals surface area contributed by atoms with Crippen LogP contribution >= 0.6 is 0 Å². The van der Waals surface area contributed by atoms with Crippen molar-refractivity contribution in [2.24, 2.45) is 0 Å². The SMILES string of the molecule is CCC(c1ccc(C(=O)N[C@@H](CCC(=O)O)C(=O)O)cc1)c1cnc(N)nc1N. The summed E-state index contributed by atoms with van der Waals surface area (Å²) >= 11 is 0. The Morgan fingerprint density at radius 1 is 1.14 bits per heavy atom. The lowest BCUT2D eigenvalue weighted by molar-refractivity contribution is -0.140. The molecule has 10 nitrogen and oxygen atoms in total. The van der Waals surface area contributed by atoms with E-state index >= 15 is 0 Å². The molecular weight excluding hydrogens is 378 g/mol. The summed E-state index contributed by atoms with van der Waals surface area (Å²) in [5, 5.41) is 20.2. The van der Waals surface area contributed by atoms with Gasteiger partial charge in [-0.1, -0.05) is 19.1 Å². The number of carbonyl (C=O) groups is 3. The topological polar surface area (TPSA) is 182 Å². The van der Waals surface area contributed by atoms with Crippen molar-refractivity contribution in [3.63, 3.8) is 0 Å². The highest BCUT2D eigenvalue weighted by atomic mass is 16.4. The van der Waals surface area contributed by atoms with Gasteiger partial charge in [0, 0.05) is 29.7 Å². The maximum Gasteiger partial charge on any atom is 0.326 e. The molecule has 154 valence electrons. The van der Waals surface area contributed by atoms with E-state index < -0.39 is 23.9 Å². The van der Waals surface area contributed by atoms with E-state index in [1.807, 2.05) is 6.92 Å². The number of hydrogen-bond donors (Lipinski definition) is 5. The van der Waals surface area contributed by atoms with Crippen LogP contribution in [0.1, 0.15) is 53.6 Å². The summed E-state index contributed by atoms with van der Waals surface area (Å²) in [5.74, 6) is -2.75. The van der Waals surface area contributed by atoms with Crippen LogP contribution < -0.4 is 16.8 Å². The van der Waals surface area contributed by atoms with Gasteiger partial charge in [0.2, 0.25) is 5.95 Å². The van der Waals surface area contributed by atoms with Gasteiger partial charge in [-0.25, -0.2) is 9.78 Å². The molecule has 29 heavy (non-hydrogen) atoms. The second kappa shape index (κ2) is 9.49. The Balaban J connectivity index is 2.16. The molecule has 1 aromatic heterocycles. The van der Waals surface area contributed by atoms with E-state index in [1.54, 1.807) is 30.5 Å². The summed E-state index contributed by atoms with van der Waals surface area (Å²) in [6.45, 7) is 1.97. The van der Waals surface area contributed by atoms with E-state index in [1.165, 1.54) is 0 Å². The number of nitrogens with two attached hydrogens (primary N) is 2. The first-order chi connectivity index (χ1) is 13.7. The third-order valence-corrected chi connectivity index (χ3v) is 4.48. The van der Waals surface area contributed by atoms with Crippen LogP contribution in [0.3, 0.4) is 0 Å². The average molecular weight is 401 g/mol. The Hall–Kier alpha value is -3.69. The summed E-state index contributed by atoms with van der Waals surface area (Å²) in [6, 6.07) is 5.33. The van der Waals surface area contributed by atoms with Gasteiger partial charge in [-0.05, 0) is 30.5 Å². The van der Waals surface area contributed by atoms with E-state index in [0.717, 1.165) is 11.1 Å². The van der Waals surface area contributed by atoms with Gasteiger partial charge in [0.05, 0.1) is 0 Å². The molecule has 2 aromatic rings. The van der Waals surface area contributed by atoms with E-state index in [9.17, 15) is 14.4 Å². The van der Waals surface area contributed by atoms with Gasteiger partial charge in [-0.3, -0.25) is 9.59 Å². The van der Waals surface area contributed by atoms with Gasteiger partial charge in [0.25, 0.3) is 5.91 Å². The highest BCUT2D eigenvalue weighted by molar-refractivity contribution is 5.96. The number of carboxylic acids is 2. The number of benzene rings is 1. The maximum atomic E-state index is 12.3. The molecule has 0 saturated heterocycles. The van der Waals surface area contributed by atoms with Crippen LogP contribution in [0.25, 0.3) is 0 Å². The quantitative estimate of drug-likeness (QED) is 0.412. The van der Waals surface area contributed by atoms with Gasteiger partial charge in [0.1, 0.15) is 11.9 Å². The molecule has 0 aliphatic carbocycles. The van der Waals surface area contributed by atoms with Crippen LogP contribution in [-0.2, 0) is 9.59 Å². The molecule has 0 aliphatic rings. The standard InChI is InChI=1S/C19H23N5O5/c1-2-12(13-9-22-19(21)24-16(13)20)10-3-5-11(6-4-10)17(27)23-14(18(28)29)7-8-15(25)26/h3-6,9,12,14H,2,7-8H2,1H3,(H,23,27)(H,25,26)(H,28,29)(H4,20,21,22,24)/t12?,14-/m0/s1. The van der Waals surface area contributed by atoms with Crippen LogP contribution in [0, 0.1) is 0 Å². The lowest BCUT2D eigenvalue weighted by Gasteiger charge is -2.18.